The van der Waals surface area contributed by atoms with Crippen LogP contribution in [0.3, 0.4) is 0 Å². The maximum Gasteiger partial charge on any atom is 0.251 e. The molecule has 1 aliphatic rings. The summed E-state index contributed by atoms with van der Waals surface area (Å²) in [5.41, 5.74) is 4.03. The van der Waals surface area contributed by atoms with Crippen molar-refractivity contribution in [3.05, 3.63) is 70.0 Å². The van der Waals surface area contributed by atoms with E-state index in [-0.39, 0.29) is 12.7 Å². The molecule has 3 aromatic rings. The lowest BCUT2D eigenvalue weighted by Crippen LogP contribution is -2.22. The largest absolute Gasteiger partial charge is 0.454 e. The van der Waals surface area contributed by atoms with E-state index in [9.17, 15) is 4.79 Å². The number of hydrogen-bond acceptors (Lipinski definition) is 4. The van der Waals surface area contributed by atoms with Gasteiger partial charge in [-0.1, -0.05) is 17.7 Å². The van der Waals surface area contributed by atoms with E-state index in [2.05, 4.69) is 10.4 Å². The van der Waals surface area contributed by atoms with Crippen molar-refractivity contribution in [3.63, 3.8) is 0 Å². The molecule has 138 valence electrons. The zero-order valence-electron chi connectivity index (χ0n) is 15.0. The number of hydrogen-bond donors (Lipinski definition) is 1. The lowest BCUT2D eigenvalue weighted by molar-refractivity contribution is 0.0951. The number of halogens is 1. The Balaban J connectivity index is 1.44. The van der Waals surface area contributed by atoms with Crippen molar-refractivity contribution in [3.8, 4) is 17.2 Å². The number of carbonyl (C=O) groups is 1. The van der Waals surface area contributed by atoms with Gasteiger partial charge in [-0.2, -0.15) is 5.10 Å². The van der Waals surface area contributed by atoms with Crippen LogP contribution in [0.5, 0.6) is 11.5 Å². The quantitative estimate of drug-likeness (QED) is 0.744. The standard InChI is InChI=1S/C20H18ClN3O3/c1-12-19(21)13(2)24(23-12)16-6-4-15(5-7-16)20(25)22-10-14-3-8-17-18(9-14)27-11-26-17/h3-9H,10-11H2,1-2H3,(H,22,25). The third-order valence-electron chi connectivity index (χ3n) is 4.47. The topological polar surface area (TPSA) is 65.4 Å². The van der Waals surface area contributed by atoms with Crippen molar-refractivity contribution in [2.24, 2.45) is 0 Å². The highest BCUT2D eigenvalue weighted by molar-refractivity contribution is 6.31. The van der Waals surface area contributed by atoms with E-state index in [1.54, 1.807) is 16.8 Å². The van der Waals surface area contributed by atoms with Crippen LogP contribution in [0.2, 0.25) is 5.02 Å². The zero-order valence-corrected chi connectivity index (χ0v) is 15.7. The number of fused-ring (bicyclic) bond motifs is 1. The minimum Gasteiger partial charge on any atom is -0.454 e. The molecule has 0 radical (unpaired) electrons. The van der Waals surface area contributed by atoms with Crippen LogP contribution >= 0.6 is 11.6 Å². The molecule has 6 nitrogen and oxygen atoms in total. The van der Waals surface area contributed by atoms with Crippen molar-refractivity contribution in [1.82, 2.24) is 15.1 Å². The molecule has 0 bridgehead atoms. The second-order valence-corrected chi connectivity index (χ2v) is 6.69. The smallest absolute Gasteiger partial charge is 0.251 e. The van der Waals surface area contributed by atoms with Crippen LogP contribution in [0, 0.1) is 13.8 Å². The average molecular weight is 384 g/mol. The van der Waals surface area contributed by atoms with Crippen LogP contribution in [-0.4, -0.2) is 22.5 Å². The van der Waals surface area contributed by atoms with Gasteiger partial charge in [0.2, 0.25) is 6.79 Å². The lowest BCUT2D eigenvalue weighted by Gasteiger charge is -2.08. The molecule has 0 saturated heterocycles. The molecule has 1 N–H and O–H groups in total. The van der Waals surface area contributed by atoms with Gasteiger partial charge < -0.3 is 14.8 Å². The second-order valence-electron chi connectivity index (χ2n) is 6.31. The number of aryl methyl sites for hydroxylation is 1. The van der Waals surface area contributed by atoms with Gasteiger partial charge in [0.25, 0.3) is 5.91 Å². The molecule has 0 spiro atoms. The molecule has 0 saturated carbocycles. The number of nitrogens with one attached hydrogen (secondary N) is 1. The van der Waals surface area contributed by atoms with E-state index in [0.717, 1.165) is 28.4 Å². The predicted octanol–water partition coefficient (Wildman–Crippen LogP) is 3.80. The highest BCUT2D eigenvalue weighted by Gasteiger charge is 2.14. The predicted molar refractivity (Wildman–Crippen MR) is 102 cm³/mol. The number of ether oxygens (including phenoxy) is 2. The van der Waals surface area contributed by atoms with Gasteiger partial charge in [0.05, 0.1) is 22.1 Å². The van der Waals surface area contributed by atoms with Gasteiger partial charge in [0, 0.05) is 12.1 Å². The maximum atomic E-state index is 12.4. The van der Waals surface area contributed by atoms with Gasteiger partial charge in [-0.15, -0.1) is 0 Å². The second kappa shape index (κ2) is 6.96. The van der Waals surface area contributed by atoms with Crippen LogP contribution < -0.4 is 14.8 Å². The fourth-order valence-corrected chi connectivity index (χ4v) is 3.08. The first kappa shape index (κ1) is 17.4. The summed E-state index contributed by atoms with van der Waals surface area (Å²) in [7, 11) is 0. The van der Waals surface area contributed by atoms with E-state index in [1.807, 2.05) is 44.2 Å². The normalized spacial score (nSPS) is 12.3. The van der Waals surface area contributed by atoms with Crippen molar-refractivity contribution in [2.45, 2.75) is 20.4 Å². The van der Waals surface area contributed by atoms with Crippen LogP contribution in [0.1, 0.15) is 27.3 Å². The molecule has 0 aliphatic carbocycles. The minimum atomic E-state index is -0.148. The van der Waals surface area contributed by atoms with E-state index < -0.39 is 0 Å². The SMILES string of the molecule is Cc1nn(-c2ccc(C(=O)NCc3ccc4c(c3)OCO4)cc2)c(C)c1Cl. The number of rotatable bonds is 4. The zero-order chi connectivity index (χ0) is 19.0. The highest BCUT2D eigenvalue weighted by Crippen LogP contribution is 2.32. The van der Waals surface area contributed by atoms with Gasteiger partial charge in [-0.25, -0.2) is 4.68 Å². The first-order valence-corrected chi connectivity index (χ1v) is 8.89. The van der Waals surface area contributed by atoms with Crippen molar-refractivity contribution >= 4 is 17.5 Å². The molecule has 0 atom stereocenters. The Kier molecular flexibility index (Phi) is 4.49. The van der Waals surface area contributed by atoms with Gasteiger partial charge in [-0.05, 0) is 55.8 Å². The summed E-state index contributed by atoms with van der Waals surface area (Å²) in [6, 6.07) is 12.9. The van der Waals surface area contributed by atoms with Gasteiger partial charge in [0.15, 0.2) is 11.5 Å². The summed E-state index contributed by atoms with van der Waals surface area (Å²) in [4.78, 5) is 12.4. The summed E-state index contributed by atoms with van der Waals surface area (Å²) in [5.74, 6) is 1.28. The molecule has 2 aromatic carbocycles. The Morgan fingerprint density at radius 1 is 1.15 bits per heavy atom. The minimum absolute atomic E-state index is 0.148. The van der Waals surface area contributed by atoms with Crippen LogP contribution in [0.25, 0.3) is 5.69 Å². The summed E-state index contributed by atoms with van der Waals surface area (Å²) in [6.45, 7) is 4.42. The molecule has 4 rings (SSSR count). The molecule has 0 unspecified atom stereocenters. The molecule has 27 heavy (non-hydrogen) atoms. The number of carbonyl (C=O) groups excluding carboxylic acids is 1. The third-order valence-corrected chi connectivity index (χ3v) is 5.01. The fourth-order valence-electron chi connectivity index (χ4n) is 2.96. The Labute approximate surface area is 161 Å². The lowest BCUT2D eigenvalue weighted by atomic mass is 10.1. The molecular weight excluding hydrogens is 366 g/mol. The molecule has 7 heteroatoms. The summed E-state index contributed by atoms with van der Waals surface area (Å²) in [6.07, 6.45) is 0. The number of benzene rings is 2. The molecule has 1 aromatic heterocycles. The Morgan fingerprint density at radius 3 is 2.59 bits per heavy atom. The molecule has 1 amide bonds. The Hall–Kier alpha value is -2.99. The maximum absolute atomic E-state index is 12.4. The number of nitrogens with zero attached hydrogens (tertiary/aromatic N) is 2. The highest BCUT2D eigenvalue weighted by atomic mass is 35.5. The van der Waals surface area contributed by atoms with Gasteiger partial charge in [-0.3, -0.25) is 4.79 Å². The molecule has 1 aliphatic heterocycles. The van der Waals surface area contributed by atoms with E-state index in [1.165, 1.54) is 0 Å². The first-order chi connectivity index (χ1) is 13.0. The Morgan fingerprint density at radius 2 is 1.89 bits per heavy atom. The van der Waals surface area contributed by atoms with Crippen LogP contribution in [-0.2, 0) is 6.54 Å². The van der Waals surface area contributed by atoms with E-state index in [4.69, 9.17) is 21.1 Å². The van der Waals surface area contributed by atoms with E-state index >= 15 is 0 Å². The number of aromatic nitrogens is 2. The summed E-state index contributed by atoms with van der Waals surface area (Å²) >= 11 is 6.20. The first-order valence-electron chi connectivity index (χ1n) is 8.52. The molecular formula is C20H18ClN3O3. The summed E-state index contributed by atoms with van der Waals surface area (Å²) < 4.78 is 12.4. The van der Waals surface area contributed by atoms with Crippen molar-refractivity contribution < 1.29 is 14.3 Å². The number of amides is 1. The molecule has 2 heterocycles. The molecule has 0 fully saturated rings. The fraction of sp³-hybridized carbons (Fsp3) is 0.200. The van der Waals surface area contributed by atoms with Crippen molar-refractivity contribution in [1.29, 1.82) is 0 Å². The summed E-state index contributed by atoms with van der Waals surface area (Å²) in [5, 5.41) is 7.99. The van der Waals surface area contributed by atoms with Gasteiger partial charge in [0.1, 0.15) is 0 Å². The van der Waals surface area contributed by atoms with Crippen molar-refractivity contribution in [2.75, 3.05) is 6.79 Å². The Bertz CT molecular complexity index is 1010. The van der Waals surface area contributed by atoms with E-state index in [0.29, 0.717) is 22.9 Å². The van der Waals surface area contributed by atoms with Crippen LogP contribution in [0.4, 0.5) is 0 Å². The third kappa shape index (κ3) is 3.36. The van der Waals surface area contributed by atoms with Crippen LogP contribution in [0.15, 0.2) is 42.5 Å². The average Bonchev–Trinajstić information content (AvgIpc) is 3.26. The monoisotopic (exact) mass is 383 g/mol. The van der Waals surface area contributed by atoms with Gasteiger partial charge >= 0.3 is 0 Å².